The summed E-state index contributed by atoms with van der Waals surface area (Å²) in [7, 11) is 1.61. The van der Waals surface area contributed by atoms with Crippen molar-refractivity contribution in [2.75, 3.05) is 7.11 Å². The van der Waals surface area contributed by atoms with E-state index < -0.39 is 5.79 Å². The fourth-order valence-corrected chi connectivity index (χ4v) is 4.96. The largest absolute Gasteiger partial charge is 0.481 e. The molecular formula is C20H20Cl2N4O3. The smallest absolute Gasteiger partial charge is 0.225 e. The zero-order valence-electron chi connectivity index (χ0n) is 16.2. The third kappa shape index (κ3) is 3.17. The maximum absolute atomic E-state index is 6.32. The third-order valence-corrected chi connectivity index (χ3v) is 6.14. The number of ether oxygens (including phenoxy) is 3. The van der Waals surface area contributed by atoms with Crippen LogP contribution in [-0.2, 0) is 9.47 Å². The molecule has 2 fully saturated rings. The van der Waals surface area contributed by atoms with E-state index >= 15 is 0 Å². The van der Waals surface area contributed by atoms with E-state index in [2.05, 4.69) is 19.5 Å². The zero-order chi connectivity index (χ0) is 20.3. The molecule has 1 aliphatic heterocycles. The molecule has 1 saturated heterocycles. The second kappa shape index (κ2) is 6.80. The average molecular weight is 435 g/mol. The van der Waals surface area contributed by atoms with E-state index in [9.17, 15) is 0 Å². The Morgan fingerprint density at radius 2 is 1.93 bits per heavy atom. The molecule has 3 aromatic rings. The van der Waals surface area contributed by atoms with Gasteiger partial charge < -0.3 is 18.8 Å². The number of nitrogens with zero attached hydrogens (tertiary/aromatic N) is 4. The van der Waals surface area contributed by atoms with Gasteiger partial charge in [0.25, 0.3) is 0 Å². The lowest BCUT2D eigenvalue weighted by Crippen LogP contribution is -2.27. The first-order chi connectivity index (χ1) is 13.9. The van der Waals surface area contributed by atoms with Crippen LogP contribution >= 0.6 is 23.2 Å². The highest BCUT2D eigenvalue weighted by Gasteiger charge is 2.55. The van der Waals surface area contributed by atoms with E-state index in [0.29, 0.717) is 16.7 Å². The van der Waals surface area contributed by atoms with Crippen LogP contribution in [0.4, 0.5) is 0 Å². The van der Waals surface area contributed by atoms with Gasteiger partial charge in [-0.05, 0) is 43.5 Å². The van der Waals surface area contributed by atoms with Crippen LogP contribution < -0.4 is 4.74 Å². The van der Waals surface area contributed by atoms with Gasteiger partial charge in [0.2, 0.25) is 11.2 Å². The van der Waals surface area contributed by atoms with Crippen molar-refractivity contribution in [3.8, 4) is 5.88 Å². The molecule has 0 radical (unpaired) electrons. The molecule has 3 aromatic heterocycles. The van der Waals surface area contributed by atoms with Gasteiger partial charge in [-0.1, -0.05) is 17.7 Å². The van der Waals surface area contributed by atoms with E-state index in [0.717, 1.165) is 17.4 Å². The second-order valence-electron chi connectivity index (χ2n) is 7.85. The number of fused-ring (bicyclic) bond motifs is 2. The molecule has 0 amide bonds. The lowest BCUT2D eigenvalue weighted by atomic mass is 9.97. The topological polar surface area (TPSA) is 71.3 Å². The Morgan fingerprint density at radius 1 is 1.14 bits per heavy atom. The number of halogens is 2. The van der Waals surface area contributed by atoms with E-state index in [1.807, 2.05) is 44.4 Å². The molecule has 2 aliphatic rings. The van der Waals surface area contributed by atoms with E-state index in [1.54, 1.807) is 7.11 Å². The van der Waals surface area contributed by atoms with Crippen LogP contribution in [0.1, 0.15) is 37.8 Å². The van der Waals surface area contributed by atoms with Gasteiger partial charge in [0.05, 0.1) is 24.6 Å². The van der Waals surface area contributed by atoms with Crippen molar-refractivity contribution in [3.63, 3.8) is 0 Å². The predicted octanol–water partition coefficient (Wildman–Crippen LogP) is 4.39. The van der Waals surface area contributed by atoms with Crippen molar-refractivity contribution >= 4 is 34.2 Å². The van der Waals surface area contributed by atoms with Crippen LogP contribution in [0.3, 0.4) is 0 Å². The lowest BCUT2D eigenvalue weighted by Gasteiger charge is -2.24. The van der Waals surface area contributed by atoms with Crippen LogP contribution in [0.2, 0.25) is 10.4 Å². The lowest BCUT2D eigenvalue weighted by molar-refractivity contribution is -0.157. The zero-order valence-corrected chi connectivity index (χ0v) is 17.7. The minimum Gasteiger partial charge on any atom is -0.481 e. The van der Waals surface area contributed by atoms with Crippen molar-refractivity contribution in [1.29, 1.82) is 0 Å². The molecule has 1 saturated carbocycles. The number of methoxy groups -OCH3 is 1. The molecule has 152 valence electrons. The van der Waals surface area contributed by atoms with Gasteiger partial charge >= 0.3 is 0 Å². The first kappa shape index (κ1) is 19.1. The standard InChI is InChI=1S/C20H20Cl2N4O3/c1-20(2)28-15-12(10-4-5-14(27-3)23-9-10)8-13(16(15)29-20)26-7-6-11-17(21)24-19(22)25-18(11)26/h4-7,9,12-13,15-16H,8H2,1-3H3/t12-,13-,15-,16+/m1/s1. The van der Waals surface area contributed by atoms with Gasteiger partial charge in [0, 0.05) is 24.4 Å². The van der Waals surface area contributed by atoms with Crippen LogP contribution in [0, 0.1) is 0 Å². The van der Waals surface area contributed by atoms with Crippen molar-refractivity contribution in [3.05, 3.63) is 46.6 Å². The van der Waals surface area contributed by atoms with Crippen LogP contribution in [0.5, 0.6) is 5.88 Å². The number of aromatic nitrogens is 4. The minimum atomic E-state index is -0.667. The highest BCUT2D eigenvalue weighted by Crippen LogP contribution is 2.51. The molecule has 0 unspecified atom stereocenters. The Bertz CT molecular complexity index is 1070. The molecule has 7 nitrogen and oxygen atoms in total. The summed E-state index contributed by atoms with van der Waals surface area (Å²) in [6.07, 6.45) is 4.38. The van der Waals surface area contributed by atoms with Gasteiger partial charge in [0.15, 0.2) is 5.79 Å². The Balaban J connectivity index is 1.57. The van der Waals surface area contributed by atoms with Crippen molar-refractivity contribution in [1.82, 2.24) is 19.5 Å². The summed E-state index contributed by atoms with van der Waals surface area (Å²) in [6, 6.07) is 5.82. The van der Waals surface area contributed by atoms with Crippen molar-refractivity contribution in [2.24, 2.45) is 0 Å². The number of hydrogen-bond acceptors (Lipinski definition) is 6. The highest BCUT2D eigenvalue weighted by molar-refractivity contribution is 6.35. The van der Waals surface area contributed by atoms with E-state index in [1.165, 1.54) is 0 Å². The number of hydrogen-bond donors (Lipinski definition) is 0. The molecule has 29 heavy (non-hydrogen) atoms. The Kier molecular flexibility index (Phi) is 4.47. The Morgan fingerprint density at radius 3 is 2.66 bits per heavy atom. The first-order valence-electron chi connectivity index (χ1n) is 9.41. The maximum Gasteiger partial charge on any atom is 0.225 e. The van der Waals surface area contributed by atoms with Crippen molar-refractivity contribution < 1.29 is 14.2 Å². The van der Waals surface area contributed by atoms with E-state index in [4.69, 9.17) is 37.4 Å². The molecule has 9 heteroatoms. The Labute approximate surface area is 177 Å². The summed E-state index contributed by atoms with van der Waals surface area (Å²) < 4.78 is 19.9. The number of rotatable bonds is 3. The summed E-state index contributed by atoms with van der Waals surface area (Å²) in [4.78, 5) is 12.8. The van der Waals surface area contributed by atoms with E-state index in [-0.39, 0.29) is 29.5 Å². The van der Waals surface area contributed by atoms with Crippen LogP contribution in [-0.4, -0.2) is 44.6 Å². The van der Waals surface area contributed by atoms with Gasteiger partial charge in [-0.15, -0.1) is 0 Å². The highest BCUT2D eigenvalue weighted by atomic mass is 35.5. The average Bonchev–Trinajstić information content (AvgIpc) is 3.32. The van der Waals surface area contributed by atoms with Gasteiger partial charge in [-0.2, -0.15) is 4.98 Å². The quantitative estimate of drug-likeness (QED) is 0.449. The summed E-state index contributed by atoms with van der Waals surface area (Å²) in [5, 5.41) is 1.23. The summed E-state index contributed by atoms with van der Waals surface area (Å²) in [6.45, 7) is 3.88. The molecule has 1 aliphatic carbocycles. The molecule has 5 rings (SSSR count). The van der Waals surface area contributed by atoms with Gasteiger partial charge in [0.1, 0.15) is 16.9 Å². The molecule has 0 bridgehead atoms. The van der Waals surface area contributed by atoms with Crippen molar-refractivity contribution in [2.45, 2.75) is 50.2 Å². The predicted molar refractivity (Wildman–Crippen MR) is 109 cm³/mol. The SMILES string of the molecule is COc1ccc([C@H]2C[C@@H](n3ccc4c(Cl)nc(Cl)nc43)[C@@H]3OC(C)(C)O[C@@H]32)cn1. The first-order valence-corrected chi connectivity index (χ1v) is 10.2. The summed E-state index contributed by atoms with van der Waals surface area (Å²) in [5.74, 6) is 0.0379. The molecule has 0 N–H and O–H groups in total. The molecule has 0 spiro atoms. The third-order valence-electron chi connectivity index (χ3n) is 5.69. The number of pyridine rings is 1. The molecule has 0 aromatic carbocycles. The van der Waals surface area contributed by atoms with Gasteiger partial charge in [-0.3, -0.25) is 0 Å². The fourth-order valence-electron chi connectivity index (χ4n) is 4.52. The maximum atomic E-state index is 6.32. The fraction of sp³-hybridized carbons (Fsp3) is 0.450. The van der Waals surface area contributed by atoms with Crippen LogP contribution in [0.25, 0.3) is 11.0 Å². The summed E-state index contributed by atoms with van der Waals surface area (Å²) in [5.41, 5.74) is 1.78. The monoisotopic (exact) mass is 434 g/mol. The molecule has 4 heterocycles. The normalized spacial score (nSPS) is 28.0. The Hall–Kier alpha value is -1.93. The molecule has 4 atom stereocenters. The summed E-state index contributed by atoms with van der Waals surface area (Å²) >= 11 is 12.3. The van der Waals surface area contributed by atoms with Gasteiger partial charge in [-0.25, -0.2) is 9.97 Å². The van der Waals surface area contributed by atoms with Crippen LogP contribution in [0.15, 0.2) is 30.6 Å². The second-order valence-corrected chi connectivity index (χ2v) is 8.55. The minimum absolute atomic E-state index is 0.00779. The molecular weight excluding hydrogens is 415 g/mol.